The highest BCUT2D eigenvalue weighted by molar-refractivity contribution is 6.08. The minimum Gasteiger partial charge on any atom is -0.278 e. The monoisotopic (exact) mass is 274 g/mol. The van der Waals surface area contributed by atoms with Gasteiger partial charge in [-0.1, -0.05) is 36.4 Å². The first-order chi connectivity index (χ1) is 10.2. The highest BCUT2D eigenvalue weighted by Gasteiger charge is 2.13. The van der Waals surface area contributed by atoms with Crippen LogP contribution < -0.4 is 0 Å². The summed E-state index contributed by atoms with van der Waals surface area (Å²) in [5, 5.41) is 2.42. The van der Waals surface area contributed by atoms with E-state index in [2.05, 4.69) is 55.9 Å². The summed E-state index contributed by atoms with van der Waals surface area (Å²) in [6.07, 6.45) is 0. The first-order valence-electron chi connectivity index (χ1n) is 6.92. The summed E-state index contributed by atoms with van der Waals surface area (Å²) in [7, 11) is 0. The summed E-state index contributed by atoms with van der Waals surface area (Å²) >= 11 is 0. The van der Waals surface area contributed by atoms with E-state index >= 15 is 0 Å². The zero-order valence-electron chi connectivity index (χ0n) is 11.9. The first kappa shape index (κ1) is 12.0. The lowest BCUT2D eigenvalue weighted by atomic mass is 10.2. The molecular formula is C17H14N4. The van der Waals surface area contributed by atoms with E-state index < -0.39 is 0 Å². The Hall–Kier alpha value is -2.75. The molecule has 0 radical (unpaired) electrons. The molecule has 21 heavy (non-hydrogen) atoms. The number of rotatable bonds is 1. The van der Waals surface area contributed by atoms with E-state index in [4.69, 9.17) is 0 Å². The molecule has 2 aromatic heterocycles. The fraction of sp³-hybridized carbons (Fsp3) is 0.118. The lowest BCUT2D eigenvalue weighted by Crippen LogP contribution is -2.05. The van der Waals surface area contributed by atoms with E-state index in [0.717, 1.165) is 22.7 Å². The largest absolute Gasteiger partial charge is 0.278 e. The van der Waals surface area contributed by atoms with Gasteiger partial charge in [0.25, 0.3) is 0 Å². The summed E-state index contributed by atoms with van der Waals surface area (Å²) < 4.78 is 2.10. The number of fused-ring (bicyclic) bond motifs is 3. The van der Waals surface area contributed by atoms with Gasteiger partial charge in [-0.05, 0) is 26.0 Å². The molecule has 0 spiro atoms. The van der Waals surface area contributed by atoms with E-state index in [0.29, 0.717) is 5.95 Å². The van der Waals surface area contributed by atoms with Gasteiger partial charge in [-0.3, -0.25) is 4.57 Å². The van der Waals surface area contributed by atoms with Crippen LogP contribution in [0.15, 0.2) is 48.5 Å². The summed E-state index contributed by atoms with van der Waals surface area (Å²) in [5.41, 5.74) is 2.23. The molecular weight excluding hydrogens is 260 g/mol. The molecule has 0 bridgehead atoms. The normalized spacial score (nSPS) is 11.3. The SMILES string of the molecule is Cc1nc(C)nc(-n2c3ccccc3c3ccccc32)n1. The summed E-state index contributed by atoms with van der Waals surface area (Å²) in [6, 6.07) is 16.7. The van der Waals surface area contributed by atoms with Crippen LogP contribution in [0.5, 0.6) is 0 Å². The van der Waals surface area contributed by atoms with E-state index in [1.165, 1.54) is 10.8 Å². The van der Waals surface area contributed by atoms with Gasteiger partial charge in [0.1, 0.15) is 11.6 Å². The minimum atomic E-state index is 0.678. The van der Waals surface area contributed by atoms with Crippen molar-refractivity contribution in [3.05, 3.63) is 60.2 Å². The Balaban J connectivity index is 2.20. The first-order valence-corrected chi connectivity index (χ1v) is 6.92. The molecule has 4 rings (SSSR count). The second kappa shape index (κ2) is 4.38. The fourth-order valence-electron chi connectivity index (χ4n) is 2.84. The number of aryl methyl sites for hydroxylation is 2. The predicted molar refractivity (Wildman–Crippen MR) is 83.6 cm³/mol. The van der Waals surface area contributed by atoms with Crippen molar-refractivity contribution in [2.24, 2.45) is 0 Å². The third kappa shape index (κ3) is 1.80. The Morgan fingerprint density at radius 1 is 0.667 bits per heavy atom. The molecule has 4 heteroatoms. The van der Waals surface area contributed by atoms with Crippen LogP contribution >= 0.6 is 0 Å². The van der Waals surface area contributed by atoms with Gasteiger partial charge in [0.05, 0.1) is 11.0 Å². The maximum atomic E-state index is 4.52. The second-order valence-corrected chi connectivity index (χ2v) is 5.10. The Morgan fingerprint density at radius 2 is 1.14 bits per heavy atom. The van der Waals surface area contributed by atoms with Gasteiger partial charge in [0.2, 0.25) is 5.95 Å². The number of nitrogens with zero attached hydrogens (tertiary/aromatic N) is 4. The van der Waals surface area contributed by atoms with Gasteiger partial charge >= 0.3 is 0 Å². The van der Waals surface area contributed by atoms with Gasteiger partial charge in [0, 0.05) is 10.8 Å². The molecule has 0 unspecified atom stereocenters. The van der Waals surface area contributed by atoms with Crippen molar-refractivity contribution in [2.45, 2.75) is 13.8 Å². The maximum Gasteiger partial charge on any atom is 0.238 e. The lowest BCUT2D eigenvalue weighted by Gasteiger charge is -2.06. The molecule has 0 saturated carbocycles. The van der Waals surface area contributed by atoms with Crippen LogP contribution in [0, 0.1) is 13.8 Å². The van der Waals surface area contributed by atoms with Crippen molar-refractivity contribution < 1.29 is 0 Å². The molecule has 4 nitrogen and oxygen atoms in total. The Labute approximate surface area is 122 Å². The zero-order valence-corrected chi connectivity index (χ0v) is 11.9. The van der Waals surface area contributed by atoms with Crippen molar-refractivity contribution in [3.8, 4) is 5.95 Å². The standard InChI is InChI=1S/C17H14N4/c1-11-18-12(2)20-17(19-11)21-15-9-5-3-7-13(15)14-8-4-6-10-16(14)21/h3-10H,1-2H3. The highest BCUT2D eigenvalue weighted by atomic mass is 15.2. The molecule has 0 aliphatic heterocycles. The summed E-state index contributed by atoms with van der Waals surface area (Å²) in [5.74, 6) is 2.15. The smallest absolute Gasteiger partial charge is 0.238 e. The molecule has 0 saturated heterocycles. The minimum absolute atomic E-state index is 0.678. The van der Waals surface area contributed by atoms with Crippen LogP contribution in [-0.2, 0) is 0 Å². The molecule has 4 aromatic rings. The quantitative estimate of drug-likeness (QED) is 0.533. The highest BCUT2D eigenvalue weighted by Crippen LogP contribution is 2.30. The van der Waals surface area contributed by atoms with Crippen LogP contribution in [0.25, 0.3) is 27.8 Å². The maximum absolute atomic E-state index is 4.52. The average molecular weight is 274 g/mol. The average Bonchev–Trinajstić information content (AvgIpc) is 2.81. The summed E-state index contributed by atoms with van der Waals surface area (Å²) in [6.45, 7) is 3.79. The van der Waals surface area contributed by atoms with Crippen LogP contribution in [0.4, 0.5) is 0 Å². The third-order valence-electron chi connectivity index (χ3n) is 3.63. The summed E-state index contributed by atoms with van der Waals surface area (Å²) in [4.78, 5) is 13.3. The number of benzene rings is 2. The van der Waals surface area contributed by atoms with Crippen LogP contribution in [0.3, 0.4) is 0 Å². The van der Waals surface area contributed by atoms with Crippen LogP contribution in [-0.4, -0.2) is 19.5 Å². The molecule has 0 amide bonds. The predicted octanol–water partition coefficient (Wildman–Crippen LogP) is 3.59. The number of aromatic nitrogens is 4. The molecule has 0 aliphatic rings. The van der Waals surface area contributed by atoms with Crippen molar-refractivity contribution in [2.75, 3.05) is 0 Å². The Bertz CT molecular complexity index is 896. The number of hydrogen-bond donors (Lipinski definition) is 0. The third-order valence-corrected chi connectivity index (χ3v) is 3.63. The van der Waals surface area contributed by atoms with E-state index in [9.17, 15) is 0 Å². The van der Waals surface area contributed by atoms with E-state index in [1.54, 1.807) is 0 Å². The molecule has 0 aliphatic carbocycles. The number of hydrogen-bond acceptors (Lipinski definition) is 3. The lowest BCUT2D eigenvalue weighted by molar-refractivity contribution is 0.864. The van der Waals surface area contributed by atoms with Gasteiger partial charge in [0.15, 0.2) is 0 Å². The topological polar surface area (TPSA) is 43.6 Å². The molecule has 0 N–H and O–H groups in total. The second-order valence-electron chi connectivity index (χ2n) is 5.10. The Kier molecular flexibility index (Phi) is 2.51. The molecule has 102 valence electrons. The van der Waals surface area contributed by atoms with Crippen molar-refractivity contribution in [1.82, 2.24) is 19.5 Å². The van der Waals surface area contributed by atoms with Gasteiger partial charge in [-0.2, -0.15) is 9.97 Å². The zero-order chi connectivity index (χ0) is 14.4. The number of para-hydroxylation sites is 2. The van der Waals surface area contributed by atoms with Gasteiger partial charge in [-0.15, -0.1) is 0 Å². The van der Waals surface area contributed by atoms with E-state index in [1.807, 2.05) is 26.0 Å². The molecule has 2 heterocycles. The van der Waals surface area contributed by atoms with Crippen molar-refractivity contribution >= 4 is 21.8 Å². The van der Waals surface area contributed by atoms with Crippen molar-refractivity contribution in [3.63, 3.8) is 0 Å². The van der Waals surface area contributed by atoms with Gasteiger partial charge < -0.3 is 0 Å². The molecule has 0 atom stereocenters. The molecule has 2 aromatic carbocycles. The van der Waals surface area contributed by atoms with Crippen LogP contribution in [0.2, 0.25) is 0 Å². The van der Waals surface area contributed by atoms with Crippen molar-refractivity contribution in [1.29, 1.82) is 0 Å². The fourth-order valence-corrected chi connectivity index (χ4v) is 2.84. The Morgan fingerprint density at radius 3 is 1.67 bits per heavy atom. The molecule has 0 fully saturated rings. The van der Waals surface area contributed by atoms with E-state index in [-0.39, 0.29) is 0 Å². The van der Waals surface area contributed by atoms with Gasteiger partial charge in [-0.25, -0.2) is 4.98 Å². The van der Waals surface area contributed by atoms with Crippen LogP contribution in [0.1, 0.15) is 11.6 Å².